The lowest BCUT2D eigenvalue weighted by Gasteiger charge is -2.11. The fraction of sp³-hybridized carbons (Fsp3) is 0. The van der Waals surface area contributed by atoms with Gasteiger partial charge in [0.1, 0.15) is 0 Å². The number of hydrogen-bond acceptors (Lipinski definition) is 0. The molecular formula is C28H18. The SMILES string of the molecule is c1ccc2c(c1)ccc1ccc(-c3cccc4c3ccc3ccccc34)cc12. The van der Waals surface area contributed by atoms with Crippen molar-refractivity contribution in [3.05, 3.63) is 109 Å². The Morgan fingerprint density at radius 1 is 0.321 bits per heavy atom. The molecule has 0 unspecified atom stereocenters. The van der Waals surface area contributed by atoms with Crippen molar-refractivity contribution in [2.75, 3.05) is 0 Å². The third kappa shape index (κ3) is 2.25. The van der Waals surface area contributed by atoms with Crippen LogP contribution in [0.5, 0.6) is 0 Å². The molecule has 0 aliphatic carbocycles. The minimum atomic E-state index is 1.27. The van der Waals surface area contributed by atoms with Crippen LogP contribution >= 0.6 is 0 Å². The van der Waals surface area contributed by atoms with Gasteiger partial charge in [0.15, 0.2) is 0 Å². The molecular weight excluding hydrogens is 336 g/mol. The Morgan fingerprint density at radius 3 is 1.68 bits per heavy atom. The van der Waals surface area contributed by atoms with E-state index in [9.17, 15) is 0 Å². The smallest absolute Gasteiger partial charge is 0.00990 e. The van der Waals surface area contributed by atoms with E-state index < -0.39 is 0 Å². The summed E-state index contributed by atoms with van der Waals surface area (Å²) in [5.41, 5.74) is 2.56. The van der Waals surface area contributed by atoms with E-state index in [1.54, 1.807) is 0 Å². The van der Waals surface area contributed by atoms with Gasteiger partial charge < -0.3 is 0 Å². The van der Waals surface area contributed by atoms with Crippen molar-refractivity contribution in [1.29, 1.82) is 0 Å². The number of benzene rings is 6. The molecule has 0 bridgehead atoms. The second-order valence-electron chi connectivity index (χ2n) is 7.41. The maximum Gasteiger partial charge on any atom is -0.00990 e. The van der Waals surface area contributed by atoms with Crippen molar-refractivity contribution >= 4 is 43.1 Å². The first-order valence-corrected chi connectivity index (χ1v) is 9.71. The Bertz CT molecular complexity index is 1510. The van der Waals surface area contributed by atoms with Crippen molar-refractivity contribution in [3.63, 3.8) is 0 Å². The van der Waals surface area contributed by atoms with E-state index >= 15 is 0 Å². The molecule has 0 heteroatoms. The Labute approximate surface area is 163 Å². The zero-order chi connectivity index (χ0) is 18.5. The van der Waals surface area contributed by atoms with Gasteiger partial charge in [-0.2, -0.15) is 0 Å². The molecule has 0 saturated carbocycles. The Morgan fingerprint density at radius 2 is 0.893 bits per heavy atom. The van der Waals surface area contributed by atoms with Crippen LogP contribution in [0.3, 0.4) is 0 Å². The predicted octanol–water partition coefficient (Wildman–Crippen LogP) is 7.97. The summed E-state index contributed by atoms with van der Waals surface area (Å²) in [5.74, 6) is 0. The third-order valence-corrected chi connectivity index (χ3v) is 5.84. The summed E-state index contributed by atoms with van der Waals surface area (Å²) in [4.78, 5) is 0. The Hall–Kier alpha value is -3.64. The zero-order valence-corrected chi connectivity index (χ0v) is 15.4. The molecule has 0 N–H and O–H groups in total. The standard InChI is InChI=1S/C28H18/c1-3-8-23-20(7-1)16-17-27-25(10-5-11-26(23)27)22-15-14-21-13-12-19-6-2-4-9-24(19)28(21)18-22/h1-18H. The molecule has 0 spiro atoms. The van der Waals surface area contributed by atoms with Gasteiger partial charge in [-0.1, -0.05) is 103 Å². The van der Waals surface area contributed by atoms with E-state index in [4.69, 9.17) is 0 Å². The lowest BCUT2D eigenvalue weighted by Crippen LogP contribution is -1.85. The number of rotatable bonds is 1. The summed E-state index contributed by atoms with van der Waals surface area (Å²) >= 11 is 0. The van der Waals surface area contributed by atoms with Gasteiger partial charge in [-0.3, -0.25) is 0 Å². The summed E-state index contributed by atoms with van der Waals surface area (Å²) in [6.45, 7) is 0. The van der Waals surface area contributed by atoms with Crippen molar-refractivity contribution < 1.29 is 0 Å². The third-order valence-electron chi connectivity index (χ3n) is 5.84. The van der Waals surface area contributed by atoms with Crippen molar-refractivity contribution in [1.82, 2.24) is 0 Å². The predicted molar refractivity (Wildman–Crippen MR) is 122 cm³/mol. The molecule has 6 aromatic rings. The lowest BCUT2D eigenvalue weighted by atomic mass is 9.92. The summed E-state index contributed by atoms with van der Waals surface area (Å²) in [5, 5.41) is 10.4. The van der Waals surface area contributed by atoms with Crippen LogP contribution in [-0.2, 0) is 0 Å². The molecule has 130 valence electrons. The highest BCUT2D eigenvalue weighted by Crippen LogP contribution is 2.35. The van der Waals surface area contributed by atoms with Gasteiger partial charge >= 0.3 is 0 Å². The molecule has 0 amide bonds. The topological polar surface area (TPSA) is 0 Å². The second kappa shape index (κ2) is 5.94. The molecule has 0 nitrogen and oxygen atoms in total. The Kier molecular flexibility index (Phi) is 3.27. The highest BCUT2D eigenvalue weighted by atomic mass is 14.1. The quantitative estimate of drug-likeness (QED) is 0.263. The van der Waals surface area contributed by atoms with Crippen molar-refractivity contribution in [2.24, 2.45) is 0 Å². The molecule has 0 heterocycles. The largest absolute Gasteiger partial charge is 0.0616 e. The van der Waals surface area contributed by atoms with E-state index in [1.165, 1.54) is 54.2 Å². The van der Waals surface area contributed by atoms with Gasteiger partial charge in [-0.05, 0) is 60.3 Å². The molecule has 0 aliphatic rings. The van der Waals surface area contributed by atoms with Gasteiger partial charge in [-0.25, -0.2) is 0 Å². The molecule has 6 rings (SSSR count). The zero-order valence-electron chi connectivity index (χ0n) is 15.4. The van der Waals surface area contributed by atoms with E-state index in [1.807, 2.05) is 0 Å². The summed E-state index contributed by atoms with van der Waals surface area (Å²) in [6.07, 6.45) is 0. The van der Waals surface area contributed by atoms with E-state index in [0.29, 0.717) is 0 Å². The first-order chi connectivity index (χ1) is 13.9. The first-order valence-electron chi connectivity index (χ1n) is 9.71. The molecule has 0 fully saturated rings. The van der Waals surface area contributed by atoms with Crippen LogP contribution < -0.4 is 0 Å². The first kappa shape index (κ1) is 15.4. The van der Waals surface area contributed by atoms with Gasteiger partial charge in [0.25, 0.3) is 0 Å². The molecule has 0 saturated heterocycles. The molecule has 0 aromatic heterocycles. The number of hydrogen-bond donors (Lipinski definition) is 0. The highest BCUT2D eigenvalue weighted by Gasteiger charge is 2.08. The van der Waals surface area contributed by atoms with Crippen molar-refractivity contribution in [2.45, 2.75) is 0 Å². The second-order valence-corrected chi connectivity index (χ2v) is 7.41. The average Bonchev–Trinajstić information content (AvgIpc) is 2.78. The average molecular weight is 354 g/mol. The fourth-order valence-corrected chi connectivity index (χ4v) is 4.46. The van der Waals surface area contributed by atoms with E-state index in [-0.39, 0.29) is 0 Å². The van der Waals surface area contributed by atoms with E-state index in [2.05, 4.69) is 109 Å². The normalized spacial score (nSPS) is 11.6. The summed E-state index contributed by atoms with van der Waals surface area (Å²) < 4.78 is 0. The van der Waals surface area contributed by atoms with Crippen LogP contribution in [0.15, 0.2) is 109 Å². The maximum atomic E-state index is 2.35. The highest BCUT2D eigenvalue weighted by molar-refractivity contribution is 6.13. The van der Waals surface area contributed by atoms with Crippen LogP contribution in [0, 0.1) is 0 Å². The summed E-state index contributed by atoms with van der Waals surface area (Å²) in [7, 11) is 0. The molecule has 6 aromatic carbocycles. The molecule has 0 atom stereocenters. The van der Waals surface area contributed by atoms with Crippen LogP contribution in [0.4, 0.5) is 0 Å². The Balaban J connectivity index is 1.68. The molecule has 0 aliphatic heterocycles. The summed E-state index contributed by atoms with van der Waals surface area (Å²) in [6, 6.07) is 39.7. The fourth-order valence-electron chi connectivity index (χ4n) is 4.46. The minimum Gasteiger partial charge on any atom is -0.0616 e. The van der Waals surface area contributed by atoms with Crippen LogP contribution in [0.2, 0.25) is 0 Å². The molecule has 28 heavy (non-hydrogen) atoms. The maximum absolute atomic E-state index is 2.35. The lowest BCUT2D eigenvalue weighted by molar-refractivity contribution is 1.70. The van der Waals surface area contributed by atoms with Gasteiger partial charge in [0, 0.05) is 0 Å². The van der Waals surface area contributed by atoms with Gasteiger partial charge in [0.2, 0.25) is 0 Å². The van der Waals surface area contributed by atoms with Gasteiger partial charge in [-0.15, -0.1) is 0 Å². The number of fused-ring (bicyclic) bond motifs is 6. The van der Waals surface area contributed by atoms with Crippen LogP contribution in [0.1, 0.15) is 0 Å². The molecule has 0 radical (unpaired) electrons. The van der Waals surface area contributed by atoms with Crippen LogP contribution in [0.25, 0.3) is 54.2 Å². The monoisotopic (exact) mass is 354 g/mol. The van der Waals surface area contributed by atoms with E-state index in [0.717, 1.165) is 0 Å². The van der Waals surface area contributed by atoms with Crippen molar-refractivity contribution in [3.8, 4) is 11.1 Å². The minimum absolute atomic E-state index is 1.27. The van der Waals surface area contributed by atoms with Gasteiger partial charge in [0.05, 0.1) is 0 Å². The van der Waals surface area contributed by atoms with Crippen LogP contribution in [-0.4, -0.2) is 0 Å².